The van der Waals surface area contributed by atoms with Gasteiger partial charge in [0.25, 0.3) is 0 Å². The zero-order valence-electron chi connectivity index (χ0n) is 9.54. The topological polar surface area (TPSA) is 35.5 Å². The summed E-state index contributed by atoms with van der Waals surface area (Å²) in [6.45, 7) is 7.10. The average Bonchev–Trinajstić information content (AvgIpc) is 2.15. The number of hydrogen-bond acceptors (Lipinski definition) is 3. The molecule has 0 rings (SSSR count). The van der Waals surface area contributed by atoms with E-state index in [4.69, 9.17) is 7.58 Å². The highest BCUT2D eigenvalue weighted by Gasteiger charge is 2.31. The van der Waals surface area contributed by atoms with Crippen molar-refractivity contribution < 1.29 is 12.4 Å². The van der Waals surface area contributed by atoms with E-state index in [0.717, 1.165) is 25.7 Å². The van der Waals surface area contributed by atoms with E-state index in [9.17, 15) is 4.79 Å². The largest absolute Gasteiger partial charge is 0.757 e. The number of carbonyl (C=O) groups excluding carboxylic acids is 1. The Hall–Kier alpha value is 0.122. The van der Waals surface area contributed by atoms with Crippen molar-refractivity contribution in [2.24, 2.45) is 0 Å². The molecule has 0 heterocycles. The molecule has 0 unspecified atom stereocenters. The molecule has 0 radical (unpaired) electrons. The molecule has 4 heteroatoms. The first kappa shape index (κ1) is 14.1. The smallest absolute Gasteiger partial charge is 0.473 e. The molecular weight excluding hydrogens is 195 g/mol. The minimum atomic E-state index is -2.01. The van der Waals surface area contributed by atoms with Crippen molar-refractivity contribution in [3.63, 3.8) is 0 Å². The van der Waals surface area contributed by atoms with Gasteiger partial charge in [-0.3, -0.25) is 0 Å². The first-order valence-electron chi connectivity index (χ1n) is 5.46. The number of rotatable bonds is 9. The molecule has 0 spiro atoms. The Morgan fingerprint density at radius 1 is 1.07 bits per heavy atom. The molecule has 0 aliphatic rings. The van der Waals surface area contributed by atoms with E-state index in [1.54, 1.807) is 6.92 Å². The molecule has 0 fully saturated rings. The third-order valence-corrected chi connectivity index (χ3v) is 3.61. The van der Waals surface area contributed by atoms with Crippen molar-refractivity contribution in [3.05, 3.63) is 0 Å². The van der Waals surface area contributed by atoms with Crippen LogP contribution in [0, 0.1) is 0 Å². The van der Waals surface area contributed by atoms with Crippen molar-refractivity contribution in [2.45, 2.75) is 46.5 Å². The SMILES string of the molecule is CCCC[O][Al]([O]CCCC)[C](C)=O. The Balaban J connectivity index is 3.61. The molecule has 0 aliphatic heterocycles. The lowest BCUT2D eigenvalue weighted by atomic mass is 10.4. The highest BCUT2D eigenvalue weighted by atomic mass is 27.2. The molecule has 0 aromatic carbocycles. The second-order valence-corrected chi connectivity index (χ2v) is 5.53. The summed E-state index contributed by atoms with van der Waals surface area (Å²) in [5.41, 5.74) is 0. The van der Waals surface area contributed by atoms with Gasteiger partial charge < -0.3 is 12.4 Å². The second kappa shape index (κ2) is 9.67. The normalized spacial score (nSPS) is 10.2. The predicted octanol–water partition coefficient (Wildman–Crippen LogP) is 2.24. The van der Waals surface area contributed by atoms with Crippen molar-refractivity contribution in [2.75, 3.05) is 13.2 Å². The maximum Gasteiger partial charge on any atom is 0.757 e. The Labute approximate surface area is 91.8 Å². The molecule has 3 nitrogen and oxygen atoms in total. The first-order chi connectivity index (χ1) is 6.72. The fourth-order valence-corrected chi connectivity index (χ4v) is 2.28. The zero-order chi connectivity index (χ0) is 10.8. The van der Waals surface area contributed by atoms with Crippen molar-refractivity contribution in [1.82, 2.24) is 0 Å². The van der Waals surface area contributed by atoms with E-state index in [0.29, 0.717) is 13.2 Å². The van der Waals surface area contributed by atoms with Crippen LogP contribution < -0.4 is 0 Å². The van der Waals surface area contributed by atoms with Crippen LogP contribution >= 0.6 is 0 Å². The van der Waals surface area contributed by atoms with Crippen LogP contribution in [0.2, 0.25) is 0 Å². The van der Waals surface area contributed by atoms with Gasteiger partial charge in [-0.15, -0.1) is 0 Å². The maximum atomic E-state index is 11.1. The van der Waals surface area contributed by atoms with Gasteiger partial charge in [0.15, 0.2) is 0 Å². The van der Waals surface area contributed by atoms with Gasteiger partial charge in [-0.2, -0.15) is 0 Å². The summed E-state index contributed by atoms with van der Waals surface area (Å²) < 4.78 is 11.0. The molecular formula is C10H21AlO3. The number of hydrogen-bond donors (Lipinski definition) is 0. The van der Waals surface area contributed by atoms with E-state index in [1.807, 2.05) is 0 Å². The van der Waals surface area contributed by atoms with Crippen LogP contribution in [0.5, 0.6) is 0 Å². The quantitative estimate of drug-likeness (QED) is 0.438. The van der Waals surface area contributed by atoms with Crippen LogP contribution in [-0.2, 0) is 12.4 Å². The lowest BCUT2D eigenvalue weighted by Crippen LogP contribution is -2.32. The second-order valence-electron chi connectivity index (χ2n) is 3.39. The summed E-state index contributed by atoms with van der Waals surface area (Å²) in [5, 5.41) is 0. The Morgan fingerprint density at radius 3 is 1.79 bits per heavy atom. The minimum absolute atomic E-state index is 0.0946. The molecule has 0 bridgehead atoms. The van der Waals surface area contributed by atoms with Gasteiger partial charge in [-0.1, -0.05) is 26.7 Å². The summed E-state index contributed by atoms with van der Waals surface area (Å²) in [6.07, 6.45) is 4.20. The third-order valence-electron chi connectivity index (χ3n) is 1.87. The van der Waals surface area contributed by atoms with Crippen LogP contribution in [0.25, 0.3) is 0 Å². The molecule has 0 saturated carbocycles. The Morgan fingerprint density at radius 2 is 1.50 bits per heavy atom. The summed E-state index contributed by atoms with van der Waals surface area (Å²) in [4.78, 5) is 11.1. The van der Waals surface area contributed by atoms with Crippen LogP contribution in [0.3, 0.4) is 0 Å². The Kier molecular flexibility index (Phi) is 9.75. The molecule has 0 aromatic heterocycles. The van der Waals surface area contributed by atoms with Crippen LogP contribution in [0.1, 0.15) is 46.5 Å². The molecule has 82 valence electrons. The number of carbonyl (C=O) groups is 1. The lowest BCUT2D eigenvalue weighted by Gasteiger charge is -2.10. The minimum Gasteiger partial charge on any atom is -0.473 e. The highest BCUT2D eigenvalue weighted by molar-refractivity contribution is 6.80. The van der Waals surface area contributed by atoms with Crippen LogP contribution in [0.4, 0.5) is 0 Å². The van der Waals surface area contributed by atoms with Gasteiger partial charge in [0.1, 0.15) is 4.65 Å². The van der Waals surface area contributed by atoms with Crippen molar-refractivity contribution in [3.8, 4) is 0 Å². The molecule has 0 N–H and O–H groups in total. The Bertz CT molecular complexity index is 140. The van der Waals surface area contributed by atoms with E-state index < -0.39 is 14.8 Å². The van der Waals surface area contributed by atoms with Gasteiger partial charge in [0, 0.05) is 13.2 Å². The molecule has 0 aliphatic carbocycles. The maximum absolute atomic E-state index is 11.1. The van der Waals surface area contributed by atoms with Crippen LogP contribution in [0.15, 0.2) is 0 Å². The summed E-state index contributed by atoms with van der Waals surface area (Å²) in [5.74, 6) is 0. The van der Waals surface area contributed by atoms with E-state index >= 15 is 0 Å². The molecule has 0 saturated heterocycles. The lowest BCUT2D eigenvalue weighted by molar-refractivity contribution is -0.113. The van der Waals surface area contributed by atoms with E-state index in [1.165, 1.54) is 0 Å². The van der Waals surface area contributed by atoms with Gasteiger partial charge >= 0.3 is 14.8 Å². The summed E-state index contributed by atoms with van der Waals surface area (Å²) in [6, 6.07) is 0. The van der Waals surface area contributed by atoms with E-state index in [2.05, 4.69) is 13.8 Å². The highest BCUT2D eigenvalue weighted by Crippen LogP contribution is 1.98. The van der Waals surface area contributed by atoms with Crippen molar-refractivity contribution >= 4 is 19.5 Å². The summed E-state index contributed by atoms with van der Waals surface area (Å²) >= 11 is -2.01. The monoisotopic (exact) mass is 216 g/mol. The first-order valence-corrected chi connectivity index (χ1v) is 6.98. The third kappa shape index (κ3) is 7.52. The zero-order valence-corrected chi connectivity index (χ0v) is 10.7. The fourth-order valence-electron chi connectivity index (χ4n) is 0.952. The standard InChI is InChI=1S/2C4H9O.C2H3O.Al/c2*1-2-3-4-5;1-2-3;/h2*2-4H2,1H3;1H3;/q2*-1;;+2. The number of unbranched alkanes of at least 4 members (excludes halogenated alkanes) is 2. The molecule has 0 amide bonds. The van der Waals surface area contributed by atoms with Gasteiger partial charge in [-0.25, -0.2) is 0 Å². The fraction of sp³-hybridized carbons (Fsp3) is 0.900. The average molecular weight is 216 g/mol. The van der Waals surface area contributed by atoms with E-state index in [-0.39, 0.29) is 4.65 Å². The van der Waals surface area contributed by atoms with Crippen molar-refractivity contribution in [1.29, 1.82) is 0 Å². The van der Waals surface area contributed by atoms with Gasteiger partial charge in [0.05, 0.1) is 0 Å². The summed E-state index contributed by atoms with van der Waals surface area (Å²) in [7, 11) is 0. The van der Waals surface area contributed by atoms with Gasteiger partial charge in [0.2, 0.25) is 0 Å². The predicted molar refractivity (Wildman–Crippen MR) is 58.2 cm³/mol. The van der Waals surface area contributed by atoms with Crippen LogP contribution in [-0.4, -0.2) is 32.7 Å². The van der Waals surface area contributed by atoms with Gasteiger partial charge in [-0.05, 0) is 19.8 Å². The molecule has 0 atom stereocenters. The molecule has 14 heavy (non-hydrogen) atoms. The molecule has 0 aromatic rings.